The molecule has 0 radical (unpaired) electrons. The highest BCUT2D eigenvalue weighted by molar-refractivity contribution is 6.33. The Morgan fingerprint density at radius 3 is 2.79 bits per heavy atom. The summed E-state index contributed by atoms with van der Waals surface area (Å²) < 4.78 is 4.81. The number of rotatable bonds is 3. The largest absolute Gasteiger partial charge is 0.467 e. The maximum Gasteiger partial charge on any atom is 0.328 e. The van der Waals surface area contributed by atoms with Crippen LogP contribution in [0.15, 0.2) is 18.2 Å². The number of nitrogens with zero attached hydrogens (tertiary/aromatic N) is 1. The van der Waals surface area contributed by atoms with E-state index in [-0.39, 0.29) is 17.8 Å². The van der Waals surface area contributed by atoms with Crippen molar-refractivity contribution in [2.75, 3.05) is 18.6 Å². The molecule has 0 aromatic heterocycles. The summed E-state index contributed by atoms with van der Waals surface area (Å²) in [5.74, 6) is -0.284. The third kappa shape index (κ3) is 2.73. The average molecular weight is 282 g/mol. The van der Waals surface area contributed by atoms with Gasteiger partial charge in [-0.15, -0.1) is 0 Å². The van der Waals surface area contributed by atoms with Gasteiger partial charge in [-0.1, -0.05) is 11.6 Å². The number of carbonyl (C=O) groups excluding carboxylic acids is 2. The first-order valence-electron chi connectivity index (χ1n) is 6.19. The van der Waals surface area contributed by atoms with Gasteiger partial charge in [0.25, 0.3) is 0 Å². The summed E-state index contributed by atoms with van der Waals surface area (Å²) >= 11 is 6.19. The van der Waals surface area contributed by atoms with E-state index in [1.165, 1.54) is 14.0 Å². The zero-order chi connectivity index (χ0) is 14.0. The van der Waals surface area contributed by atoms with E-state index in [2.05, 4.69) is 0 Å². The van der Waals surface area contributed by atoms with E-state index in [9.17, 15) is 9.59 Å². The molecule has 5 heteroatoms. The monoisotopic (exact) mass is 281 g/mol. The number of halogens is 1. The van der Waals surface area contributed by atoms with Crippen molar-refractivity contribution in [3.8, 4) is 0 Å². The SMILES string of the molecule is COC(=O)C1CCCN1c1cc(C(C)=O)ccc1Cl. The number of ether oxygens (including phenoxy) is 1. The van der Waals surface area contributed by atoms with Crippen molar-refractivity contribution in [3.05, 3.63) is 28.8 Å². The topological polar surface area (TPSA) is 46.6 Å². The lowest BCUT2D eigenvalue weighted by molar-refractivity contribution is -0.141. The Balaban J connectivity index is 2.37. The number of hydrogen-bond acceptors (Lipinski definition) is 4. The van der Waals surface area contributed by atoms with Crippen LogP contribution in [0.1, 0.15) is 30.1 Å². The molecular formula is C14H16ClNO3. The highest BCUT2D eigenvalue weighted by Crippen LogP contribution is 2.33. The van der Waals surface area contributed by atoms with Gasteiger partial charge in [-0.25, -0.2) is 4.79 Å². The number of ketones is 1. The normalized spacial score (nSPS) is 18.5. The van der Waals surface area contributed by atoms with Gasteiger partial charge in [-0.2, -0.15) is 0 Å². The number of esters is 1. The van der Waals surface area contributed by atoms with E-state index < -0.39 is 0 Å². The summed E-state index contributed by atoms with van der Waals surface area (Å²) in [4.78, 5) is 25.1. The van der Waals surface area contributed by atoms with Gasteiger partial charge in [-0.05, 0) is 38.0 Å². The van der Waals surface area contributed by atoms with Gasteiger partial charge in [0.05, 0.1) is 17.8 Å². The van der Waals surface area contributed by atoms with Crippen LogP contribution in [0.3, 0.4) is 0 Å². The quantitative estimate of drug-likeness (QED) is 0.631. The Morgan fingerprint density at radius 1 is 1.42 bits per heavy atom. The molecule has 1 atom stereocenters. The van der Waals surface area contributed by atoms with Crippen LogP contribution in [0.4, 0.5) is 5.69 Å². The predicted molar refractivity (Wildman–Crippen MR) is 73.8 cm³/mol. The molecule has 1 saturated heterocycles. The van der Waals surface area contributed by atoms with Crippen molar-refractivity contribution in [3.63, 3.8) is 0 Å². The van der Waals surface area contributed by atoms with Crippen LogP contribution in [0.5, 0.6) is 0 Å². The second kappa shape index (κ2) is 5.61. The zero-order valence-corrected chi connectivity index (χ0v) is 11.7. The van der Waals surface area contributed by atoms with Gasteiger partial charge >= 0.3 is 5.97 Å². The van der Waals surface area contributed by atoms with Gasteiger partial charge < -0.3 is 9.64 Å². The fraction of sp³-hybridized carbons (Fsp3) is 0.429. The van der Waals surface area contributed by atoms with Crippen LogP contribution in [-0.2, 0) is 9.53 Å². The maximum absolute atomic E-state index is 11.8. The third-order valence-corrected chi connectivity index (χ3v) is 3.71. The molecule has 1 aromatic carbocycles. The molecule has 19 heavy (non-hydrogen) atoms. The molecule has 1 unspecified atom stereocenters. The fourth-order valence-corrected chi connectivity index (χ4v) is 2.61. The molecule has 1 fully saturated rings. The molecule has 0 spiro atoms. The van der Waals surface area contributed by atoms with Crippen LogP contribution in [0, 0.1) is 0 Å². The summed E-state index contributed by atoms with van der Waals surface area (Å²) in [6.45, 7) is 2.25. The van der Waals surface area contributed by atoms with Gasteiger partial charge in [0.1, 0.15) is 6.04 Å². The van der Waals surface area contributed by atoms with Crippen LogP contribution >= 0.6 is 11.6 Å². The van der Waals surface area contributed by atoms with Crippen LogP contribution in [0.25, 0.3) is 0 Å². The summed E-state index contributed by atoms with van der Waals surface area (Å²) in [7, 11) is 1.38. The zero-order valence-electron chi connectivity index (χ0n) is 11.0. The summed E-state index contributed by atoms with van der Waals surface area (Å²) in [5.41, 5.74) is 1.32. The van der Waals surface area contributed by atoms with Gasteiger partial charge in [0, 0.05) is 12.1 Å². The van der Waals surface area contributed by atoms with Gasteiger partial charge in [0.2, 0.25) is 0 Å². The first-order chi connectivity index (χ1) is 9.04. The number of hydrogen-bond donors (Lipinski definition) is 0. The predicted octanol–water partition coefficient (Wildman–Crippen LogP) is 2.68. The number of anilines is 1. The summed E-state index contributed by atoms with van der Waals surface area (Å²) in [5, 5.41) is 0.542. The molecule has 1 aromatic rings. The molecule has 1 aliphatic rings. The van der Waals surface area contributed by atoms with Crippen molar-refractivity contribution < 1.29 is 14.3 Å². The van der Waals surface area contributed by atoms with E-state index in [0.717, 1.165) is 25.1 Å². The Hall–Kier alpha value is -1.55. The van der Waals surface area contributed by atoms with Gasteiger partial charge in [-0.3, -0.25) is 4.79 Å². The van der Waals surface area contributed by atoms with Crippen molar-refractivity contribution in [2.45, 2.75) is 25.8 Å². The van der Waals surface area contributed by atoms with E-state index >= 15 is 0 Å². The molecule has 0 bridgehead atoms. The molecule has 4 nitrogen and oxygen atoms in total. The molecule has 0 saturated carbocycles. The standard InChI is InChI=1S/C14H16ClNO3/c1-9(17)10-5-6-11(15)13(8-10)16-7-3-4-12(16)14(18)19-2/h5-6,8,12H,3-4,7H2,1-2H3. The highest BCUT2D eigenvalue weighted by atomic mass is 35.5. The second-order valence-corrected chi connectivity index (χ2v) is 5.00. The maximum atomic E-state index is 11.8. The Bertz CT molecular complexity index is 515. The summed E-state index contributed by atoms with van der Waals surface area (Å²) in [6, 6.07) is 4.81. The molecule has 1 aliphatic heterocycles. The van der Waals surface area contributed by atoms with Crippen molar-refractivity contribution in [1.29, 1.82) is 0 Å². The van der Waals surface area contributed by atoms with E-state index in [0.29, 0.717) is 10.6 Å². The first kappa shape index (κ1) is 13.9. The van der Waals surface area contributed by atoms with Gasteiger partial charge in [0.15, 0.2) is 5.78 Å². The van der Waals surface area contributed by atoms with Crippen LogP contribution in [0.2, 0.25) is 5.02 Å². The minimum atomic E-state index is -0.315. The number of methoxy groups -OCH3 is 1. The molecule has 0 N–H and O–H groups in total. The lowest BCUT2D eigenvalue weighted by atomic mass is 10.1. The minimum absolute atomic E-state index is 0.0215. The van der Waals surface area contributed by atoms with Crippen molar-refractivity contribution in [1.82, 2.24) is 0 Å². The lowest BCUT2D eigenvalue weighted by Gasteiger charge is -2.26. The molecule has 102 valence electrons. The molecule has 2 rings (SSSR count). The van der Waals surface area contributed by atoms with E-state index in [1.54, 1.807) is 18.2 Å². The molecule has 1 heterocycles. The third-order valence-electron chi connectivity index (χ3n) is 3.39. The van der Waals surface area contributed by atoms with Crippen LogP contribution < -0.4 is 4.90 Å². The Kier molecular flexibility index (Phi) is 4.10. The Labute approximate surface area is 117 Å². The molecular weight excluding hydrogens is 266 g/mol. The minimum Gasteiger partial charge on any atom is -0.467 e. The molecule has 0 amide bonds. The van der Waals surface area contributed by atoms with E-state index in [1.807, 2.05) is 4.90 Å². The lowest BCUT2D eigenvalue weighted by Crippen LogP contribution is -2.37. The number of benzene rings is 1. The van der Waals surface area contributed by atoms with Crippen molar-refractivity contribution in [2.24, 2.45) is 0 Å². The first-order valence-corrected chi connectivity index (χ1v) is 6.57. The fourth-order valence-electron chi connectivity index (χ4n) is 2.39. The van der Waals surface area contributed by atoms with E-state index in [4.69, 9.17) is 16.3 Å². The smallest absolute Gasteiger partial charge is 0.328 e. The number of carbonyl (C=O) groups is 2. The Morgan fingerprint density at radius 2 is 2.16 bits per heavy atom. The number of Topliss-reactive ketones (excluding diaryl/α,β-unsaturated/α-hetero) is 1. The van der Waals surface area contributed by atoms with Crippen molar-refractivity contribution >= 4 is 29.0 Å². The summed E-state index contributed by atoms with van der Waals surface area (Å²) in [6.07, 6.45) is 1.65. The van der Waals surface area contributed by atoms with Crippen LogP contribution in [-0.4, -0.2) is 31.4 Å². The molecule has 0 aliphatic carbocycles. The second-order valence-electron chi connectivity index (χ2n) is 4.60. The average Bonchev–Trinajstić information content (AvgIpc) is 2.87. The highest BCUT2D eigenvalue weighted by Gasteiger charge is 2.32.